The molecule has 9 nitrogen and oxygen atoms in total. The number of benzene rings is 1. The number of nitrogens with one attached hydrogen (secondary N) is 1. The molecule has 0 spiro atoms. The fourth-order valence-corrected chi connectivity index (χ4v) is 6.19. The van der Waals surface area contributed by atoms with Crippen LogP contribution in [0.4, 0.5) is 0 Å². The molecule has 0 saturated heterocycles. The van der Waals surface area contributed by atoms with Gasteiger partial charge in [-0.3, -0.25) is 9.59 Å². The van der Waals surface area contributed by atoms with Crippen LogP contribution in [0.3, 0.4) is 0 Å². The van der Waals surface area contributed by atoms with Gasteiger partial charge in [-0.25, -0.2) is 9.97 Å². The van der Waals surface area contributed by atoms with E-state index in [4.69, 9.17) is 9.72 Å². The van der Waals surface area contributed by atoms with Gasteiger partial charge in [0, 0.05) is 36.8 Å². The lowest BCUT2D eigenvalue weighted by Crippen LogP contribution is -2.46. The Morgan fingerprint density at radius 3 is 2.62 bits per heavy atom. The van der Waals surface area contributed by atoms with Crippen molar-refractivity contribution in [2.75, 3.05) is 13.2 Å². The van der Waals surface area contributed by atoms with E-state index in [-0.39, 0.29) is 48.7 Å². The molecule has 0 radical (unpaired) electrons. The molecule has 2 aliphatic rings. The van der Waals surface area contributed by atoms with Crippen molar-refractivity contribution in [2.45, 2.75) is 69.6 Å². The van der Waals surface area contributed by atoms with Gasteiger partial charge in [0.2, 0.25) is 5.75 Å². The molecule has 0 unspecified atom stereocenters. The molecule has 0 aliphatic heterocycles. The van der Waals surface area contributed by atoms with Crippen molar-refractivity contribution in [1.82, 2.24) is 24.4 Å². The number of hydrogen-bond acceptors (Lipinski definition) is 6. The first-order valence-corrected chi connectivity index (χ1v) is 14.2. The summed E-state index contributed by atoms with van der Waals surface area (Å²) in [6.45, 7) is 0.172. The van der Waals surface area contributed by atoms with Crippen LogP contribution < -0.4 is 10.3 Å². The lowest BCUT2D eigenvalue weighted by Gasteiger charge is -2.37. The molecule has 2 N–H and O–H groups in total. The SMILES string of the molecule is O=C(c1nc(CC2(n3ccc4cccnc43)CCCC2)[nH]c(=O)c1OCc1ccccc1)N(CCO)C1CCC1. The predicted octanol–water partition coefficient (Wildman–Crippen LogP) is 4.20. The highest BCUT2D eigenvalue weighted by Gasteiger charge is 2.39. The van der Waals surface area contributed by atoms with Gasteiger partial charge in [0.1, 0.15) is 18.1 Å². The number of carbonyl (C=O) groups excluding carboxylic acids is 1. The van der Waals surface area contributed by atoms with Crippen LogP contribution in [0.15, 0.2) is 65.7 Å². The smallest absolute Gasteiger partial charge is 0.294 e. The summed E-state index contributed by atoms with van der Waals surface area (Å²) in [6.07, 6.45) is 11.1. The molecule has 4 aromatic rings. The molecular formula is C31H35N5O4. The molecular weight excluding hydrogens is 506 g/mol. The summed E-state index contributed by atoms with van der Waals surface area (Å²) in [5, 5.41) is 10.8. The molecule has 40 heavy (non-hydrogen) atoms. The number of amides is 1. The van der Waals surface area contributed by atoms with Crippen LogP contribution >= 0.6 is 0 Å². The first-order chi connectivity index (χ1) is 19.6. The number of ether oxygens (including phenoxy) is 1. The summed E-state index contributed by atoms with van der Waals surface area (Å²) in [4.78, 5) is 41.5. The summed E-state index contributed by atoms with van der Waals surface area (Å²) in [6, 6.07) is 15.6. The van der Waals surface area contributed by atoms with E-state index < -0.39 is 5.56 Å². The van der Waals surface area contributed by atoms with Gasteiger partial charge in [-0.05, 0) is 55.9 Å². The van der Waals surface area contributed by atoms with Crippen LogP contribution in [0.25, 0.3) is 11.0 Å². The zero-order valence-electron chi connectivity index (χ0n) is 22.6. The van der Waals surface area contributed by atoms with Gasteiger partial charge in [-0.15, -0.1) is 0 Å². The van der Waals surface area contributed by atoms with Crippen molar-refractivity contribution in [1.29, 1.82) is 0 Å². The number of fused-ring (bicyclic) bond motifs is 1. The zero-order valence-corrected chi connectivity index (χ0v) is 22.6. The predicted molar refractivity (Wildman–Crippen MR) is 151 cm³/mol. The molecule has 0 atom stereocenters. The molecule has 2 aliphatic carbocycles. The maximum Gasteiger partial charge on any atom is 0.294 e. The van der Waals surface area contributed by atoms with Gasteiger partial charge >= 0.3 is 0 Å². The van der Waals surface area contributed by atoms with Crippen LogP contribution in [0.2, 0.25) is 0 Å². The Kier molecular flexibility index (Phi) is 7.38. The van der Waals surface area contributed by atoms with Crippen molar-refractivity contribution < 1.29 is 14.6 Å². The minimum Gasteiger partial charge on any atom is -0.481 e. The number of aromatic nitrogens is 4. The van der Waals surface area contributed by atoms with E-state index in [9.17, 15) is 14.7 Å². The summed E-state index contributed by atoms with van der Waals surface area (Å²) in [5.41, 5.74) is 1.03. The minimum atomic E-state index is -0.467. The van der Waals surface area contributed by atoms with E-state index in [0.717, 1.165) is 61.5 Å². The number of aliphatic hydroxyl groups is 1. The van der Waals surface area contributed by atoms with E-state index in [1.54, 1.807) is 11.1 Å². The van der Waals surface area contributed by atoms with Crippen LogP contribution in [0, 0.1) is 0 Å². The maximum absolute atomic E-state index is 13.9. The Hall–Kier alpha value is -3.98. The molecule has 2 saturated carbocycles. The van der Waals surface area contributed by atoms with Crippen molar-refractivity contribution in [3.63, 3.8) is 0 Å². The maximum atomic E-state index is 13.9. The van der Waals surface area contributed by atoms with Crippen LogP contribution in [-0.4, -0.2) is 54.6 Å². The molecule has 1 amide bonds. The number of aromatic amines is 1. The molecule has 2 fully saturated rings. The monoisotopic (exact) mass is 541 g/mol. The number of pyridine rings is 1. The molecule has 1 aromatic carbocycles. The van der Waals surface area contributed by atoms with Crippen molar-refractivity contribution in [2.24, 2.45) is 0 Å². The molecule has 3 aromatic heterocycles. The second kappa shape index (κ2) is 11.3. The molecule has 6 rings (SSSR count). The standard InChI is InChI=1S/C31H35N5O4/c37-19-18-35(24-11-6-12-24)30(39)26-27(40-21-22-8-2-1-3-9-22)29(38)34-25(33-26)20-31(14-4-5-15-31)36-17-13-23-10-7-16-32-28(23)36/h1-3,7-10,13,16-17,24,37H,4-6,11-12,14-15,18-21H2,(H,33,34,38). The molecule has 0 bridgehead atoms. The van der Waals surface area contributed by atoms with Gasteiger partial charge in [0.25, 0.3) is 11.5 Å². The van der Waals surface area contributed by atoms with Crippen molar-refractivity contribution in [3.05, 3.63) is 88.4 Å². The van der Waals surface area contributed by atoms with Gasteiger partial charge in [0.15, 0.2) is 5.69 Å². The van der Waals surface area contributed by atoms with E-state index in [0.29, 0.717) is 12.2 Å². The van der Waals surface area contributed by atoms with Gasteiger partial charge in [-0.1, -0.05) is 43.2 Å². The highest BCUT2D eigenvalue weighted by molar-refractivity contribution is 5.95. The number of H-pyrrole nitrogens is 1. The summed E-state index contributed by atoms with van der Waals surface area (Å²) < 4.78 is 8.21. The Bertz CT molecular complexity index is 1540. The third kappa shape index (κ3) is 5.01. The Morgan fingerprint density at radius 2 is 1.90 bits per heavy atom. The third-order valence-corrected chi connectivity index (χ3v) is 8.46. The average molecular weight is 542 g/mol. The first-order valence-electron chi connectivity index (χ1n) is 14.2. The zero-order chi connectivity index (χ0) is 27.5. The summed E-state index contributed by atoms with van der Waals surface area (Å²) in [7, 11) is 0. The average Bonchev–Trinajstić information content (AvgIpc) is 3.59. The largest absolute Gasteiger partial charge is 0.481 e. The summed E-state index contributed by atoms with van der Waals surface area (Å²) in [5.74, 6) is 0.00813. The second-order valence-corrected chi connectivity index (χ2v) is 11.0. The highest BCUT2D eigenvalue weighted by atomic mass is 16.5. The number of carbonyl (C=O) groups is 1. The fraction of sp³-hybridized carbons (Fsp3) is 0.419. The Labute approximate surface area is 232 Å². The minimum absolute atomic E-state index is 0.0127. The second-order valence-electron chi connectivity index (χ2n) is 11.0. The normalized spacial score (nSPS) is 16.6. The molecule has 3 heterocycles. The third-order valence-electron chi connectivity index (χ3n) is 8.46. The number of hydrogen-bond donors (Lipinski definition) is 2. The fourth-order valence-electron chi connectivity index (χ4n) is 6.19. The van der Waals surface area contributed by atoms with E-state index in [2.05, 4.69) is 26.8 Å². The number of nitrogens with zero attached hydrogens (tertiary/aromatic N) is 4. The van der Waals surface area contributed by atoms with Crippen LogP contribution in [0.5, 0.6) is 5.75 Å². The number of aliphatic hydroxyl groups excluding tert-OH is 1. The van der Waals surface area contributed by atoms with Gasteiger partial charge in [-0.2, -0.15) is 0 Å². The van der Waals surface area contributed by atoms with Crippen molar-refractivity contribution >= 4 is 16.9 Å². The number of rotatable bonds is 10. The topological polar surface area (TPSA) is 113 Å². The quantitative estimate of drug-likeness (QED) is 0.311. The van der Waals surface area contributed by atoms with E-state index in [1.165, 1.54) is 0 Å². The van der Waals surface area contributed by atoms with Crippen LogP contribution in [-0.2, 0) is 18.6 Å². The molecule has 208 valence electrons. The lowest BCUT2D eigenvalue weighted by molar-refractivity contribution is 0.0513. The first kappa shape index (κ1) is 26.3. The van der Waals surface area contributed by atoms with Gasteiger partial charge in [0.05, 0.1) is 12.1 Å². The highest BCUT2D eigenvalue weighted by Crippen LogP contribution is 2.41. The Balaban J connectivity index is 1.39. The lowest BCUT2D eigenvalue weighted by atomic mass is 9.91. The Morgan fingerprint density at radius 1 is 1.10 bits per heavy atom. The van der Waals surface area contributed by atoms with Crippen molar-refractivity contribution in [3.8, 4) is 5.75 Å². The van der Waals surface area contributed by atoms with Gasteiger partial charge < -0.3 is 24.3 Å². The van der Waals surface area contributed by atoms with Crippen LogP contribution in [0.1, 0.15) is 66.8 Å². The molecule has 9 heteroatoms. The van der Waals surface area contributed by atoms with E-state index >= 15 is 0 Å². The van der Waals surface area contributed by atoms with E-state index in [1.807, 2.05) is 42.5 Å². The summed E-state index contributed by atoms with van der Waals surface area (Å²) >= 11 is 0.